The maximum Gasteiger partial charge on any atom is 0.119 e. The highest BCUT2D eigenvalue weighted by atomic mass is 16.3. The van der Waals surface area contributed by atoms with Crippen molar-refractivity contribution in [2.75, 3.05) is 0 Å². The van der Waals surface area contributed by atoms with Crippen LogP contribution in [0.2, 0.25) is 0 Å². The van der Waals surface area contributed by atoms with E-state index in [1.54, 1.807) is 19.9 Å². The van der Waals surface area contributed by atoms with E-state index >= 15 is 0 Å². The van der Waals surface area contributed by atoms with E-state index in [9.17, 15) is 0 Å². The summed E-state index contributed by atoms with van der Waals surface area (Å²) in [4.78, 5) is 0. The van der Waals surface area contributed by atoms with Crippen LogP contribution >= 0.6 is 0 Å². The molecule has 0 unspecified atom stereocenters. The summed E-state index contributed by atoms with van der Waals surface area (Å²) in [6.07, 6.45) is 2.35. The Balaban J connectivity index is 3.72. The van der Waals surface area contributed by atoms with Crippen LogP contribution in [0.25, 0.3) is 0 Å². The van der Waals surface area contributed by atoms with Gasteiger partial charge >= 0.3 is 0 Å². The van der Waals surface area contributed by atoms with Crippen LogP contribution in [-0.2, 0) is 0 Å². The molecule has 0 amide bonds. The smallest absolute Gasteiger partial charge is 0.119 e. The number of aliphatic hydroxyl groups is 1. The van der Waals surface area contributed by atoms with Gasteiger partial charge in [0.05, 0.1) is 0 Å². The Morgan fingerprint density at radius 2 is 2.22 bits per heavy atom. The molecule has 0 saturated carbocycles. The zero-order valence-electron chi connectivity index (χ0n) is 5.94. The molecule has 50 valence electrons. The molecule has 0 aromatic carbocycles. The predicted molar refractivity (Wildman–Crippen MR) is 38.9 cm³/mol. The van der Waals surface area contributed by atoms with Crippen molar-refractivity contribution in [3.05, 3.63) is 12.7 Å². The summed E-state index contributed by atoms with van der Waals surface area (Å²) in [6.45, 7) is 6.81. The Hall–Kier alpha value is -0.740. The summed E-state index contributed by atoms with van der Waals surface area (Å²) in [6, 6.07) is 0. The molecule has 0 heterocycles. The molecule has 0 aliphatic rings. The first-order chi connectivity index (χ1) is 4.06. The van der Waals surface area contributed by atoms with Crippen molar-refractivity contribution in [1.29, 1.82) is 0 Å². The number of rotatable bonds is 1. The van der Waals surface area contributed by atoms with Crippen LogP contribution in [0.1, 0.15) is 20.3 Å². The molecule has 0 aromatic heterocycles. The van der Waals surface area contributed by atoms with Crippen LogP contribution in [0.3, 0.4) is 0 Å². The molecule has 0 fully saturated rings. The molecule has 0 rings (SSSR count). The minimum Gasteiger partial charge on any atom is -0.378 e. The third-order valence-electron chi connectivity index (χ3n) is 0.641. The minimum absolute atomic E-state index is 0.643. The monoisotopic (exact) mass is 124 g/mol. The molecule has 1 nitrogen and oxygen atoms in total. The Morgan fingerprint density at radius 3 is 2.56 bits per heavy atom. The second-order valence-electron chi connectivity index (χ2n) is 2.35. The second-order valence-corrected chi connectivity index (χ2v) is 2.35. The van der Waals surface area contributed by atoms with E-state index in [4.69, 9.17) is 5.11 Å². The third-order valence-corrected chi connectivity index (χ3v) is 0.641. The van der Waals surface area contributed by atoms with Crippen molar-refractivity contribution in [2.24, 2.45) is 0 Å². The van der Waals surface area contributed by atoms with Gasteiger partial charge in [-0.15, -0.1) is 6.58 Å². The summed E-state index contributed by atoms with van der Waals surface area (Å²) >= 11 is 0. The van der Waals surface area contributed by atoms with E-state index in [1.165, 1.54) is 0 Å². The average Bonchev–Trinajstić information content (AvgIpc) is 1.63. The molecule has 1 N–H and O–H groups in total. The van der Waals surface area contributed by atoms with Gasteiger partial charge in [0.1, 0.15) is 5.60 Å². The summed E-state index contributed by atoms with van der Waals surface area (Å²) in [7, 11) is 0. The molecular weight excluding hydrogens is 112 g/mol. The maximum absolute atomic E-state index is 9.04. The van der Waals surface area contributed by atoms with Crippen molar-refractivity contribution in [1.82, 2.24) is 0 Å². The summed E-state index contributed by atoms with van der Waals surface area (Å²) in [5.41, 5.74) is -0.858. The predicted octanol–water partition coefficient (Wildman–Crippen LogP) is 1.34. The summed E-state index contributed by atoms with van der Waals surface area (Å²) < 4.78 is 0. The highest BCUT2D eigenvalue weighted by Crippen LogP contribution is 1.96. The molecule has 9 heavy (non-hydrogen) atoms. The van der Waals surface area contributed by atoms with Gasteiger partial charge in [-0.05, 0) is 13.8 Å². The molecular formula is C8H12O. The highest BCUT2D eigenvalue weighted by Gasteiger charge is 2.04. The van der Waals surface area contributed by atoms with Crippen molar-refractivity contribution < 1.29 is 5.11 Å². The molecule has 0 bridgehead atoms. The number of hydrogen-bond acceptors (Lipinski definition) is 1. The minimum atomic E-state index is -0.858. The van der Waals surface area contributed by atoms with Crippen molar-refractivity contribution >= 4 is 0 Å². The first kappa shape index (κ1) is 8.26. The van der Waals surface area contributed by atoms with Gasteiger partial charge in [0.15, 0.2) is 0 Å². The van der Waals surface area contributed by atoms with Crippen LogP contribution in [0.5, 0.6) is 0 Å². The lowest BCUT2D eigenvalue weighted by Crippen LogP contribution is -2.14. The largest absolute Gasteiger partial charge is 0.378 e. The topological polar surface area (TPSA) is 20.2 Å². The van der Waals surface area contributed by atoms with E-state index < -0.39 is 5.60 Å². The zero-order chi connectivity index (χ0) is 7.33. The van der Waals surface area contributed by atoms with Gasteiger partial charge in [-0.1, -0.05) is 17.9 Å². The van der Waals surface area contributed by atoms with Crippen molar-refractivity contribution in [3.8, 4) is 11.8 Å². The van der Waals surface area contributed by atoms with Gasteiger partial charge in [-0.25, -0.2) is 0 Å². The van der Waals surface area contributed by atoms with Crippen molar-refractivity contribution in [2.45, 2.75) is 25.9 Å². The van der Waals surface area contributed by atoms with Gasteiger partial charge < -0.3 is 5.11 Å². The fourth-order valence-corrected chi connectivity index (χ4v) is 0.340. The molecule has 0 spiro atoms. The van der Waals surface area contributed by atoms with E-state index in [1.807, 2.05) is 0 Å². The summed E-state index contributed by atoms with van der Waals surface area (Å²) in [5.74, 6) is 5.41. The fraction of sp³-hybridized carbons (Fsp3) is 0.500. The third kappa shape index (κ3) is 7.26. The lowest BCUT2D eigenvalue weighted by Gasteiger charge is -2.05. The van der Waals surface area contributed by atoms with Gasteiger partial charge in [0.2, 0.25) is 0 Å². The van der Waals surface area contributed by atoms with Crippen LogP contribution in [0.15, 0.2) is 12.7 Å². The Bertz CT molecular complexity index is 140. The van der Waals surface area contributed by atoms with Gasteiger partial charge in [0, 0.05) is 6.42 Å². The Morgan fingerprint density at radius 1 is 1.67 bits per heavy atom. The SMILES string of the molecule is C=CCC#CC(C)(C)O. The maximum atomic E-state index is 9.04. The number of hydrogen-bond donors (Lipinski definition) is 1. The highest BCUT2D eigenvalue weighted by molar-refractivity contribution is 5.11. The van der Waals surface area contributed by atoms with Crippen LogP contribution in [0.4, 0.5) is 0 Å². The van der Waals surface area contributed by atoms with E-state index in [2.05, 4.69) is 18.4 Å². The zero-order valence-corrected chi connectivity index (χ0v) is 5.94. The molecule has 0 aliphatic carbocycles. The molecule has 1 heteroatoms. The Labute approximate surface area is 56.4 Å². The molecule has 0 atom stereocenters. The van der Waals surface area contributed by atoms with Gasteiger partial charge in [-0.3, -0.25) is 0 Å². The lowest BCUT2D eigenvalue weighted by atomic mass is 10.1. The normalized spacial score (nSPS) is 9.67. The molecule has 0 aromatic rings. The first-order valence-electron chi connectivity index (χ1n) is 2.89. The molecule has 0 aliphatic heterocycles. The van der Waals surface area contributed by atoms with E-state index in [0.717, 1.165) is 0 Å². The van der Waals surface area contributed by atoms with Crippen molar-refractivity contribution in [3.63, 3.8) is 0 Å². The second kappa shape index (κ2) is 3.32. The van der Waals surface area contributed by atoms with Crippen LogP contribution in [0, 0.1) is 11.8 Å². The molecule has 0 saturated heterocycles. The molecule has 0 radical (unpaired) electrons. The van der Waals surface area contributed by atoms with Gasteiger partial charge in [-0.2, -0.15) is 0 Å². The van der Waals surface area contributed by atoms with E-state index in [-0.39, 0.29) is 0 Å². The summed E-state index contributed by atoms with van der Waals surface area (Å²) in [5, 5.41) is 9.04. The van der Waals surface area contributed by atoms with E-state index in [0.29, 0.717) is 6.42 Å². The van der Waals surface area contributed by atoms with Crippen LogP contribution < -0.4 is 0 Å². The van der Waals surface area contributed by atoms with Gasteiger partial charge in [0.25, 0.3) is 0 Å². The standard InChI is InChI=1S/C8H12O/c1-4-5-6-7-8(2,3)9/h4,9H,1,5H2,2-3H3. The lowest BCUT2D eigenvalue weighted by molar-refractivity contribution is 0.143. The van der Waals surface area contributed by atoms with Crippen LogP contribution in [-0.4, -0.2) is 10.7 Å². The fourth-order valence-electron chi connectivity index (χ4n) is 0.340. The average molecular weight is 124 g/mol. The quantitative estimate of drug-likeness (QED) is 0.413. The Kier molecular flexibility index (Phi) is 3.05. The number of allylic oxidation sites excluding steroid dienone is 1. The first-order valence-corrected chi connectivity index (χ1v) is 2.89.